The molecule has 0 radical (unpaired) electrons. The molecule has 0 unspecified atom stereocenters. The SMILES string of the molecule is CN(C)CC#Cc1ccc([C@H]2[C@H](CO)N3CCCCN(CC4CCOCC4)C[C@@H]23)cc1. The minimum atomic E-state index is 0.242. The molecule has 1 N–H and O–H groups in total. The molecule has 3 saturated heterocycles. The van der Waals surface area contributed by atoms with Crippen LogP contribution in [0.4, 0.5) is 0 Å². The van der Waals surface area contributed by atoms with Gasteiger partial charge in [0, 0.05) is 49.9 Å². The minimum Gasteiger partial charge on any atom is -0.395 e. The van der Waals surface area contributed by atoms with Crippen LogP contribution in [0.15, 0.2) is 24.3 Å². The van der Waals surface area contributed by atoms with Gasteiger partial charge in [-0.3, -0.25) is 9.80 Å². The molecule has 0 spiro atoms. The zero-order valence-corrected chi connectivity index (χ0v) is 19.3. The molecular formula is C26H39N3O2. The van der Waals surface area contributed by atoms with Gasteiger partial charge in [-0.05, 0) is 76.5 Å². The lowest BCUT2D eigenvalue weighted by Gasteiger charge is -2.57. The maximum atomic E-state index is 10.2. The fourth-order valence-electron chi connectivity index (χ4n) is 5.56. The van der Waals surface area contributed by atoms with Crippen molar-refractivity contribution >= 4 is 0 Å². The Morgan fingerprint density at radius 3 is 2.55 bits per heavy atom. The average Bonchev–Trinajstić information content (AvgIpc) is 2.76. The first kappa shape index (κ1) is 22.8. The van der Waals surface area contributed by atoms with Crippen LogP contribution in [0.1, 0.15) is 42.7 Å². The molecule has 31 heavy (non-hydrogen) atoms. The number of benzene rings is 1. The molecule has 0 bridgehead atoms. The Balaban J connectivity index is 1.45. The van der Waals surface area contributed by atoms with Crippen molar-refractivity contribution in [3.8, 4) is 11.8 Å². The summed E-state index contributed by atoms with van der Waals surface area (Å²) < 4.78 is 5.57. The summed E-state index contributed by atoms with van der Waals surface area (Å²) in [5.74, 6) is 7.65. The smallest absolute Gasteiger partial charge is 0.0600 e. The molecule has 3 aliphatic rings. The van der Waals surface area contributed by atoms with Crippen molar-refractivity contribution in [2.75, 3.05) is 66.6 Å². The highest BCUT2D eigenvalue weighted by Gasteiger charge is 2.49. The minimum absolute atomic E-state index is 0.242. The molecule has 3 atom stereocenters. The summed E-state index contributed by atoms with van der Waals surface area (Å²) in [5, 5.41) is 10.2. The van der Waals surface area contributed by atoms with Gasteiger partial charge in [0.15, 0.2) is 0 Å². The summed E-state index contributed by atoms with van der Waals surface area (Å²) in [4.78, 5) is 7.36. The second kappa shape index (κ2) is 10.9. The molecule has 0 aliphatic carbocycles. The van der Waals surface area contributed by atoms with Crippen LogP contribution in [-0.4, -0.2) is 98.5 Å². The fraction of sp³-hybridized carbons (Fsp3) is 0.692. The van der Waals surface area contributed by atoms with Gasteiger partial charge in [-0.1, -0.05) is 24.0 Å². The molecule has 1 aromatic rings. The van der Waals surface area contributed by atoms with E-state index in [1.54, 1.807) is 0 Å². The van der Waals surface area contributed by atoms with E-state index in [1.807, 2.05) is 14.1 Å². The third-order valence-corrected chi connectivity index (χ3v) is 7.23. The van der Waals surface area contributed by atoms with Crippen molar-refractivity contribution in [3.05, 3.63) is 35.4 Å². The number of fused-ring (bicyclic) bond motifs is 1. The highest BCUT2D eigenvalue weighted by molar-refractivity contribution is 5.39. The van der Waals surface area contributed by atoms with Crippen molar-refractivity contribution in [2.24, 2.45) is 5.92 Å². The highest BCUT2D eigenvalue weighted by Crippen LogP contribution is 2.42. The van der Waals surface area contributed by atoms with E-state index in [-0.39, 0.29) is 12.6 Å². The largest absolute Gasteiger partial charge is 0.395 e. The van der Waals surface area contributed by atoms with E-state index in [9.17, 15) is 5.11 Å². The molecule has 0 amide bonds. The quantitative estimate of drug-likeness (QED) is 0.733. The van der Waals surface area contributed by atoms with Gasteiger partial charge in [0.1, 0.15) is 0 Å². The van der Waals surface area contributed by atoms with E-state index in [1.165, 1.54) is 44.3 Å². The Labute approximate surface area is 188 Å². The third-order valence-electron chi connectivity index (χ3n) is 7.23. The summed E-state index contributed by atoms with van der Waals surface area (Å²) in [6.07, 6.45) is 4.88. The van der Waals surface area contributed by atoms with E-state index in [4.69, 9.17) is 4.74 Å². The maximum Gasteiger partial charge on any atom is 0.0600 e. The topological polar surface area (TPSA) is 39.2 Å². The first-order chi connectivity index (χ1) is 15.2. The summed E-state index contributed by atoms with van der Waals surface area (Å²) >= 11 is 0. The van der Waals surface area contributed by atoms with Gasteiger partial charge in [-0.25, -0.2) is 0 Å². The van der Waals surface area contributed by atoms with Gasteiger partial charge in [0.2, 0.25) is 0 Å². The van der Waals surface area contributed by atoms with Gasteiger partial charge >= 0.3 is 0 Å². The van der Waals surface area contributed by atoms with Crippen LogP contribution >= 0.6 is 0 Å². The lowest BCUT2D eigenvalue weighted by Crippen LogP contribution is -2.67. The number of hydrogen-bond donors (Lipinski definition) is 1. The Kier molecular flexibility index (Phi) is 8.03. The predicted molar refractivity (Wildman–Crippen MR) is 125 cm³/mol. The predicted octanol–water partition coefficient (Wildman–Crippen LogP) is 2.25. The monoisotopic (exact) mass is 425 g/mol. The molecule has 4 rings (SSSR count). The molecule has 1 aromatic carbocycles. The number of hydrogen-bond acceptors (Lipinski definition) is 5. The second-order valence-electron chi connectivity index (χ2n) is 9.76. The van der Waals surface area contributed by atoms with Crippen molar-refractivity contribution in [3.63, 3.8) is 0 Å². The van der Waals surface area contributed by atoms with Crippen LogP contribution in [0.2, 0.25) is 0 Å². The summed E-state index contributed by atoms with van der Waals surface area (Å²) in [7, 11) is 4.07. The molecule has 3 heterocycles. The van der Waals surface area contributed by atoms with Crippen molar-refractivity contribution in [2.45, 2.75) is 43.7 Å². The number of aliphatic hydroxyl groups excluding tert-OH is 1. The molecule has 3 fully saturated rings. The van der Waals surface area contributed by atoms with E-state index in [0.717, 1.165) is 44.3 Å². The lowest BCUT2D eigenvalue weighted by molar-refractivity contribution is -0.0677. The van der Waals surface area contributed by atoms with Crippen molar-refractivity contribution < 1.29 is 9.84 Å². The van der Waals surface area contributed by atoms with Crippen molar-refractivity contribution in [1.29, 1.82) is 0 Å². The number of ether oxygens (including phenoxy) is 1. The number of rotatable bonds is 5. The van der Waals surface area contributed by atoms with Crippen LogP contribution < -0.4 is 0 Å². The van der Waals surface area contributed by atoms with Gasteiger partial charge in [-0.15, -0.1) is 0 Å². The zero-order valence-electron chi connectivity index (χ0n) is 19.3. The fourth-order valence-corrected chi connectivity index (χ4v) is 5.56. The molecule has 0 saturated carbocycles. The molecule has 0 aromatic heterocycles. The Hall–Kier alpha value is -1.42. The van der Waals surface area contributed by atoms with E-state index in [0.29, 0.717) is 12.0 Å². The number of aliphatic hydroxyl groups is 1. The molecule has 5 nitrogen and oxygen atoms in total. The van der Waals surface area contributed by atoms with E-state index in [2.05, 4.69) is 50.8 Å². The van der Waals surface area contributed by atoms with Crippen LogP contribution in [0.3, 0.4) is 0 Å². The van der Waals surface area contributed by atoms with Gasteiger partial charge in [0.25, 0.3) is 0 Å². The first-order valence-corrected chi connectivity index (χ1v) is 12.1. The third kappa shape index (κ3) is 5.69. The molecule has 170 valence electrons. The van der Waals surface area contributed by atoms with Crippen LogP contribution in [0.25, 0.3) is 0 Å². The zero-order chi connectivity index (χ0) is 21.6. The Morgan fingerprint density at radius 1 is 1.10 bits per heavy atom. The average molecular weight is 426 g/mol. The maximum absolute atomic E-state index is 10.2. The number of nitrogens with zero attached hydrogens (tertiary/aromatic N) is 3. The van der Waals surface area contributed by atoms with E-state index < -0.39 is 0 Å². The molecule has 5 heteroatoms. The standard InChI is InChI=1S/C26H39N3O2/c1-27(2)13-5-6-21-7-9-23(10-8-21)26-24-19-28(18-22-11-16-31-17-12-22)14-3-4-15-29(24)25(26)20-30/h7-10,22,24-26,30H,3-4,11-20H2,1-2H3/t24-,25-,26+/m0/s1. The molecule has 3 aliphatic heterocycles. The van der Waals surface area contributed by atoms with Gasteiger partial charge in [0.05, 0.1) is 13.2 Å². The van der Waals surface area contributed by atoms with E-state index >= 15 is 0 Å². The van der Waals surface area contributed by atoms with Crippen LogP contribution in [-0.2, 0) is 4.74 Å². The summed E-state index contributed by atoms with van der Waals surface area (Å²) in [5.41, 5.74) is 2.42. The summed E-state index contributed by atoms with van der Waals surface area (Å²) in [6.45, 7) is 7.50. The normalized spacial score (nSPS) is 28.2. The van der Waals surface area contributed by atoms with Crippen LogP contribution in [0.5, 0.6) is 0 Å². The lowest BCUT2D eigenvalue weighted by atomic mass is 9.74. The van der Waals surface area contributed by atoms with Gasteiger partial charge < -0.3 is 14.7 Å². The Morgan fingerprint density at radius 2 is 1.84 bits per heavy atom. The highest BCUT2D eigenvalue weighted by atomic mass is 16.5. The van der Waals surface area contributed by atoms with Gasteiger partial charge in [-0.2, -0.15) is 0 Å². The summed E-state index contributed by atoms with van der Waals surface area (Å²) in [6, 6.07) is 9.54. The molecular weight excluding hydrogens is 386 g/mol. The Bertz CT molecular complexity index is 748. The first-order valence-electron chi connectivity index (χ1n) is 12.1. The van der Waals surface area contributed by atoms with Crippen LogP contribution in [0, 0.1) is 17.8 Å². The van der Waals surface area contributed by atoms with Crippen molar-refractivity contribution in [1.82, 2.24) is 14.7 Å². The second-order valence-corrected chi connectivity index (χ2v) is 9.76.